The molecule has 0 saturated carbocycles. The Morgan fingerprint density at radius 3 is 2.84 bits per heavy atom. The molecular formula is C13H23N3O2S. The Labute approximate surface area is 118 Å². The Kier molecular flexibility index (Phi) is 5.51. The van der Waals surface area contributed by atoms with Crippen molar-refractivity contribution in [3.8, 4) is 0 Å². The molecule has 6 heteroatoms. The summed E-state index contributed by atoms with van der Waals surface area (Å²) in [7, 11) is 0. The summed E-state index contributed by atoms with van der Waals surface area (Å²) in [5.41, 5.74) is 5.38. The minimum Gasteiger partial charge on any atom is -0.355 e. The molecule has 19 heavy (non-hydrogen) atoms. The highest BCUT2D eigenvalue weighted by molar-refractivity contribution is 8.00. The molecule has 0 aliphatic carbocycles. The van der Waals surface area contributed by atoms with Crippen LogP contribution in [0.4, 0.5) is 0 Å². The van der Waals surface area contributed by atoms with Gasteiger partial charge in [0.05, 0.1) is 11.2 Å². The van der Waals surface area contributed by atoms with Crippen LogP contribution in [-0.2, 0) is 9.59 Å². The summed E-state index contributed by atoms with van der Waals surface area (Å²) in [4.78, 5) is 26.2. The Morgan fingerprint density at radius 2 is 2.16 bits per heavy atom. The average Bonchev–Trinajstić information content (AvgIpc) is 2.98. The van der Waals surface area contributed by atoms with Crippen LogP contribution < -0.4 is 11.1 Å². The van der Waals surface area contributed by atoms with E-state index in [1.54, 1.807) is 11.8 Å². The van der Waals surface area contributed by atoms with E-state index in [4.69, 9.17) is 5.73 Å². The Balaban J connectivity index is 1.85. The molecule has 0 bridgehead atoms. The second kappa shape index (κ2) is 7.14. The Hall–Kier alpha value is -0.750. The molecule has 2 unspecified atom stereocenters. The summed E-state index contributed by atoms with van der Waals surface area (Å²) in [6.07, 6.45) is 3.92. The maximum Gasteiger partial charge on any atom is 0.235 e. The minimum atomic E-state index is -0.0596. The summed E-state index contributed by atoms with van der Waals surface area (Å²) in [6.45, 7) is 2.35. The molecule has 0 aromatic heterocycles. The van der Waals surface area contributed by atoms with Gasteiger partial charge >= 0.3 is 0 Å². The van der Waals surface area contributed by atoms with Crippen molar-refractivity contribution in [2.45, 2.75) is 30.9 Å². The largest absolute Gasteiger partial charge is 0.355 e. The van der Waals surface area contributed by atoms with Crippen LogP contribution in [0.15, 0.2) is 0 Å². The fourth-order valence-corrected chi connectivity index (χ4v) is 3.95. The Bertz CT molecular complexity index is 332. The first-order chi connectivity index (χ1) is 9.22. The number of nitrogens with one attached hydrogen (secondary N) is 1. The lowest BCUT2D eigenvalue weighted by molar-refractivity contribution is -0.135. The molecule has 2 heterocycles. The summed E-state index contributed by atoms with van der Waals surface area (Å²) >= 11 is 1.76. The van der Waals surface area contributed by atoms with Gasteiger partial charge in [-0.15, -0.1) is 11.8 Å². The third kappa shape index (κ3) is 3.86. The van der Waals surface area contributed by atoms with Gasteiger partial charge in [-0.25, -0.2) is 0 Å². The molecule has 0 aromatic carbocycles. The van der Waals surface area contributed by atoms with Crippen molar-refractivity contribution in [1.82, 2.24) is 10.2 Å². The van der Waals surface area contributed by atoms with Crippen molar-refractivity contribution in [1.29, 1.82) is 0 Å². The first kappa shape index (κ1) is 14.7. The van der Waals surface area contributed by atoms with Crippen molar-refractivity contribution in [3.05, 3.63) is 0 Å². The van der Waals surface area contributed by atoms with E-state index in [-0.39, 0.29) is 23.0 Å². The van der Waals surface area contributed by atoms with Crippen LogP contribution in [-0.4, -0.2) is 53.9 Å². The van der Waals surface area contributed by atoms with Crippen LogP contribution in [0.2, 0.25) is 0 Å². The predicted octanol–water partition coefficient (Wildman–Crippen LogP) is 0.195. The lowest BCUT2D eigenvalue weighted by atomic mass is 9.96. The van der Waals surface area contributed by atoms with Gasteiger partial charge in [-0.3, -0.25) is 9.59 Å². The van der Waals surface area contributed by atoms with E-state index in [0.717, 1.165) is 38.0 Å². The molecule has 2 fully saturated rings. The van der Waals surface area contributed by atoms with Gasteiger partial charge in [0.25, 0.3) is 0 Å². The molecule has 0 aromatic rings. The van der Waals surface area contributed by atoms with Gasteiger partial charge in [-0.1, -0.05) is 0 Å². The van der Waals surface area contributed by atoms with E-state index in [1.165, 1.54) is 0 Å². The molecule has 108 valence electrons. The van der Waals surface area contributed by atoms with Crippen molar-refractivity contribution < 1.29 is 9.59 Å². The zero-order chi connectivity index (χ0) is 13.7. The predicted molar refractivity (Wildman–Crippen MR) is 76.8 cm³/mol. The van der Waals surface area contributed by atoms with E-state index in [2.05, 4.69) is 5.32 Å². The normalized spacial score (nSPS) is 27.3. The van der Waals surface area contributed by atoms with Gasteiger partial charge in [-0.05, 0) is 31.4 Å². The number of thioether (sulfide) groups is 1. The molecule has 2 amide bonds. The van der Waals surface area contributed by atoms with E-state index >= 15 is 0 Å². The number of nitrogens with two attached hydrogens (primary N) is 1. The zero-order valence-corrected chi connectivity index (χ0v) is 12.1. The number of likely N-dealkylation sites (tertiary alicyclic amines) is 1. The van der Waals surface area contributed by atoms with Gasteiger partial charge in [0.2, 0.25) is 11.8 Å². The standard InChI is InChI=1S/C13H23N3O2S/c14-5-6-15-12(17)10-3-1-7-16(9-10)13(18)11-4-2-8-19-11/h10-11H,1-9,14H2,(H,15,17). The third-order valence-corrected chi connectivity index (χ3v) is 5.12. The number of nitrogens with zero attached hydrogens (tertiary/aromatic N) is 1. The SMILES string of the molecule is NCCNC(=O)C1CCCN(C(=O)C2CCCS2)C1. The van der Waals surface area contributed by atoms with E-state index in [1.807, 2.05) is 4.90 Å². The molecule has 0 spiro atoms. The fourth-order valence-electron chi connectivity index (χ4n) is 2.71. The number of amides is 2. The van der Waals surface area contributed by atoms with Crippen LogP contribution in [0.5, 0.6) is 0 Å². The zero-order valence-electron chi connectivity index (χ0n) is 11.3. The van der Waals surface area contributed by atoms with Gasteiger partial charge in [-0.2, -0.15) is 0 Å². The average molecular weight is 285 g/mol. The van der Waals surface area contributed by atoms with Crippen LogP contribution >= 0.6 is 11.8 Å². The number of hydrogen-bond donors (Lipinski definition) is 2. The molecule has 2 saturated heterocycles. The number of carbonyl (C=O) groups excluding carboxylic acids is 2. The van der Waals surface area contributed by atoms with E-state index in [0.29, 0.717) is 19.6 Å². The summed E-state index contributed by atoms with van der Waals surface area (Å²) in [5.74, 6) is 1.31. The summed E-state index contributed by atoms with van der Waals surface area (Å²) in [5, 5.41) is 2.95. The second-order valence-electron chi connectivity index (χ2n) is 5.20. The first-order valence-electron chi connectivity index (χ1n) is 7.10. The van der Waals surface area contributed by atoms with Gasteiger partial charge < -0.3 is 16.0 Å². The van der Waals surface area contributed by atoms with Crippen molar-refractivity contribution in [2.75, 3.05) is 31.9 Å². The molecule has 3 N–H and O–H groups in total. The van der Waals surface area contributed by atoms with Gasteiger partial charge in [0, 0.05) is 26.2 Å². The van der Waals surface area contributed by atoms with Crippen molar-refractivity contribution in [2.24, 2.45) is 11.7 Å². The van der Waals surface area contributed by atoms with E-state index < -0.39 is 0 Å². The highest BCUT2D eigenvalue weighted by Crippen LogP contribution is 2.29. The minimum absolute atomic E-state index is 0.0435. The maximum atomic E-state index is 12.3. The maximum absolute atomic E-state index is 12.3. The van der Waals surface area contributed by atoms with Crippen molar-refractivity contribution in [3.63, 3.8) is 0 Å². The van der Waals surface area contributed by atoms with Gasteiger partial charge in [0.1, 0.15) is 0 Å². The molecule has 0 radical (unpaired) electrons. The Morgan fingerprint density at radius 1 is 1.32 bits per heavy atom. The number of rotatable bonds is 4. The molecule has 5 nitrogen and oxygen atoms in total. The smallest absolute Gasteiger partial charge is 0.235 e. The molecule has 2 aliphatic rings. The van der Waals surface area contributed by atoms with Crippen LogP contribution in [0.3, 0.4) is 0 Å². The fraction of sp³-hybridized carbons (Fsp3) is 0.846. The van der Waals surface area contributed by atoms with Crippen LogP contribution in [0.1, 0.15) is 25.7 Å². The van der Waals surface area contributed by atoms with E-state index in [9.17, 15) is 9.59 Å². The molecular weight excluding hydrogens is 262 g/mol. The van der Waals surface area contributed by atoms with Crippen molar-refractivity contribution >= 4 is 23.6 Å². The van der Waals surface area contributed by atoms with Gasteiger partial charge in [0.15, 0.2) is 0 Å². The highest BCUT2D eigenvalue weighted by atomic mass is 32.2. The second-order valence-corrected chi connectivity index (χ2v) is 6.52. The topological polar surface area (TPSA) is 75.4 Å². The third-order valence-electron chi connectivity index (χ3n) is 3.75. The number of hydrogen-bond acceptors (Lipinski definition) is 4. The lowest BCUT2D eigenvalue weighted by Gasteiger charge is -2.33. The number of piperidine rings is 1. The molecule has 2 rings (SSSR count). The van der Waals surface area contributed by atoms with Crippen LogP contribution in [0, 0.1) is 5.92 Å². The molecule has 2 atom stereocenters. The van der Waals surface area contributed by atoms with Crippen LogP contribution in [0.25, 0.3) is 0 Å². The molecule has 2 aliphatic heterocycles. The summed E-state index contributed by atoms with van der Waals surface area (Å²) in [6, 6.07) is 0. The number of carbonyl (C=O) groups is 2. The summed E-state index contributed by atoms with van der Waals surface area (Å²) < 4.78 is 0. The highest BCUT2D eigenvalue weighted by Gasteiger charge is 2.33. The lowest BCUT2D eigenvalue weighted by Crippen LogP contribution is -2.48. The monoisotopic (exact) mass is 285 g/mol. The quantitative estimate of drug-likeness (QED) is 0.773. The first-order valence-corrected chi connectivity index (χ1v) is 8.15.